The molecule has 0 amide bonds. The Balaban J connectivity index is 1.75. The van der Waals surface area contributed by atoms with Crippen molar-refractivity contribution < 1.29 is 9.50 Å². The van der Waals surface area contributed by atoms with Gasteiger partial charge >= 0.3 is 0 Å². The lowest BCUT2D eigenvalue weighted by molar-refractivity contribution is 0.248. The van der Waals surface area contributed by atoms with Gasteiger partial charge in [-0.25, -0.2) is 4.39 Å². The van der Waals surface area contributed by atoms with Crippen molar-refractivity contribution in [3.63, 3.8) is 0 Å². The van der Waals surface area contributed by atoms with Crippen molar-refractivity contribution >= 4 is 0 Å². The van der Waals surface area contributed by atoms with E-state index in [0.29, 0.717) is 12.1 Å². The summed E-state index contributed by atoms with van der Waals surface area (Å²) in [5.74, 6) is 0.595. The van der Waals surface area contributed by atoms with Crippen LogP contribution in [0.25, 0.3) is 0 Å². The van der Waals surface area contributed by atoms with E-state index in [0.717, 1.165) is 30.7 Å². The third kappa shape index (κ3) is 4.92. The van der Waals surface area contributed by atoms with Crippen molar-refractivity contribution in [3.8, 4) is 0 Å². The van der Waals surface area contributed by atoms with Crippen LogP contribution in [0.2, 0.25) is 0 Å². The molecule has 0 aromatic heterocycles. The summed E-state index contributed by atoms with van der Waals surface area (Å²) < 4.78 is 13.1. The fourth-order valence-electron chi connectivity index (χ4n) is 2.62. The number of benzene rings is 1. The molecule has 0 radical (unpaired) electrons. The van der Waals surface area contributed by atoms with E-state index >= 15 is 0 Å². The van der Waals surface area contributed by atoms with Crippen LogP contribution >= 0.6 is 0 Å². The highest BCUT2D eigenvalue weighted by molar-refractivity contribution is 5.16. The molecular weight excluding hydrogens is 241 g/mol. The standard InChI is InChI=1S/C16H24FNO/c1-12(18-16(9-10-19)14-7-8-14)5-6-13-3-2-4-15(17)11-13/h2-4,11-12,14,16,18-19H,5-10H2,1H3. The molecule has 1 aliphatic carbocycles. The van der Waals surface area contributed by atoms with Gasteiger partial charge in [0, 0.05) is 18.7 Å². The number of halogens is 1. The molecule has 0 spiro atoms. The highest BCUT2D eigenvalue weighted by Gasteiger charge is 2.31. The van der Waals surface area contributed by atoms with Crippen molar-refractivity contribution in [2.45, 2.75) is 51.1 Å². The molecule has 0 aliphatic heterocycles. The average Bonchev–Trinajstić information content (AvgIpc) is 3.20. The molecule has 2 unspecified atom stereocenters. The minimum absolute atomic E-state index is 0.158. The Hall–Kier alpha value is -0.930. The quantitative estimate of drug-likeness (QED) is 0.757. The van der Waals surface area contributed by atoms with Crippen molar-refractivity contribution in [3.05, 3.63) is 35.6 Å². The fraction of sp³-hybridized carbons (Fsp3) is 0.625. The number of aryl methyl sites for hydroxylation is 1. The van der Waals surface area contributed by atoms with Crippen molar-refractivity contribution in [2.75, 3.05) is 6.61 Å². The zero-order valence-electron chi connectivity index (χ0n) is 11.6. The summed E-state index contributed by atoms with van der Waals surface area (Å²) in [7, 11) is 0. The van der Waals surface area contributed by atoms with Crippen LogP contribution in [-0.2, 0) is 6.42 Å². The van der Waals surface area contributed by atoms with E-state index in [4.69, 9.17) is 5.11 Å². The zero-order valence-corrected chi connectivity index (χ0v) is 11.6. The van der Waals surface area contributed by atoms with Gasteiger partial charge in [-0.15, -0.1) is 0 Å². The molecule has 0 saturated heterocycles. The third-order valence-corrected chi connectivity index (χ3v) is 3.88. The van der Waals surface area contributed by atoms with E-state index in [9.17, 15) is 4.39 Å². The van der Waals surface area contributed by atoms with Gasteiger partial charge in [0.2, 0.25) is 0 Å². The Bertz CT molecular complexity index is 392. The van der Waals surface area contributed by atoms with Gasteiger partial charge in [-0.05, 0) is 62.6 Å². The number of hydrogen-bond acceptors (Lipinski definition) is 2. The van der Waals surface area contributed by atoms with Gasteiger partial charge in [0.25, 0.3) is 0 Å². The van der Waals surface area contributed by atoms with Crippen LogP contribution in [0.5, 0.6) is 0 Å². The number of nitrogens with one attached hydrogen (secondary N) is 1. The molecule has 1 aromatic carbocycles. The van der Waals surface area contributed by atoms with Crippen LogP contribution in [-0.4, -0.2) is 23.8 Å². The van der Waals surface area contributed by atoms with Gasteiger partial charge in [-0.3, -0.25) is 0 Å². The van der Waals surface area contributed by atoms with E-state index in [2.05, 4.69) is 12.2 Å². The molecule has 106 valence electrons. The van der Waals surface area contributed by atoms with Crippen molar-refractivity contribution in [1.29, 1.82) is 0 Å². The highest BCUT2D eigenvalue weighted by Crippen LogP contribution is 2.34. The number of rotatable bonds is 8. The van der Waals surface area contributed by atoms with Crippen LogP contribution < -0.4 is 5.32 Å². The van der Waals surface area contributed by atoms with Crippen LogP contribution in [0.4, 0.5) is 4.39 Å². The zero-order chi connectivity index (χ0) is 13.7. The number of aliphatic hydroxyl groups excluding tert-OH is 1. The first-order valence-corrected chi connectivity index (χ1v) is 7.30. The van der Waals surface area contributed by atoms with Gasteiger partial charge in [-0.2, -0.15) is 0 Å². The van der Waals surface area contributed by atoms with E-state index in [1.807, 2.05) is 6.07 Å². The van der Waals surface area contributed by atoms with Gasteiger partial charge in [0.1, 0.15) is 5.82 Å². The van der Waals surface area contributed by atoms with Gasteiger partial charge in [0.05, 0.1) is 0 Å². The molecule has 2 N–H and O–H groups in total. The lowest BCUT2D eigenvalue weighted by Crippen LogP contribution is -2.38. The average molecular weight is 265 g/mol. The van der Waals surface area contributed by atoms with Crippen LogP contribution in [0.3, 0.4) is 0 Å². The third-order valence-electron chi connectivity index (χ3n) is 3.88. The maximum absolute atomic E-state index is 13.1. The molecule has 3 heteroatoms. The summed E-state index contributed by atoms with van der Waals surface area (Å²) in [6, 6.07) is 7.69. The summed E-state index contributed by atoms with van der Waals surface area (Å²) in [5.41, 5.74) is 1.05. The van der Waals surface area contributed by atoms with E-state index in [1.54, 1.807) is 12.1 Å². The van der Waals surface area contributed by atoms with Crippen LogP contribution in [0.1, 0.15) is 38.2 Å². The molecule has 2 atom stereocenters. The molecule has 1 fully saturated rings. The van der Waals surface area contributed by atoms with Gasteiger partial charge < -0.3 is 10.4 Å². The molecular formula is C16H24FNO. The molecule has 2 nitrogen and oxygen atoms in total. The number of aliphatic hydroxyl groups is 1. The van der Waals surface area contributed by atoms with Gasteiger partial charge in [0.15, 0.2) is 0 Å². The monoisotopic (exact) mass is 265 g/mol. The summed E-state index contributed by atoms with van der Waals surface area (Å²) in [6.45, 7) is 2.43. The van der Waals surface area contributed by atoms with E-state index in [-0.39, 0.29) is 12.4 Å². The molecule has 1 saturated carbocycles. The molecule has 0 bridgehead atoms. The predicted molar refractivity (Wildman–Crippen MR) is 75.5 cm³/mol. The summed E-state index contributed by atoms with van der Waals surface area (Å²) >= 11 is 0. The SMILES string of the molecule is CC(CCc1cccc(F)c1)NC(CCO)C1CC1. The Kier molecular flexibility index (Phi) is 5.34. The molecule has 19 heavy (non-hydrogen) atoms. The number of hydrogen-bond donors (Lipinski definition) is 2. The fourth-order valence-corrected chi connectivity index (χ4v) is 2.62. The Morgan fingerprint density at radius 1 is 1.37 bits per heavy atom. The lowest BCUT2D eigenvalue weighted by Gasteiger charge is -2.22. The first kappa shape index (κ1) is 14.5. The molecule has 1 aliphatic rings. The van der Waals surface area contributed by atoms with Crippen LogP contribution in [0.15, 0.2) is 24.3 Å². The second-order valence-electron chi connectivity index (χ2n) is 5.69. The maximum Gasteiger partial charge on any atom is 0.123 e. The second-order valence-corrected chi connectivity index (χ2v) is 5.69. The largest absolute Gasteiger partial charge is 0.396 e. The predicted octanol–water partition coefficient (Wildman–Crippen LogP) is 2.90. The van der Waals surface area contributed by atoms with Crippen LogP contribution in [0, 0.1) is 11.7 Å². The summed E-state index contributed by atoms with van der Waals surface area (Å²) in [5, 5.41) is 12.7. The Morgan fingerprint density at radius 2 is 2.16 bits per heavy atom. The molecule has 2 rings (SSSR count). The molecule has 1 aromatic rings. The van der Waals surface area contributed by atoms with Crippen molar-refractivity contribution in [1.82, 2.24) is 5.32 Å². The van der Waals surface area contributed by atoms with Gasteiger partial charge in [-0.1, -0.05) is 12.1 Å². The first-order valence-electron chi connectivity index (χ1n) is 7.30. The van der Waals surface area contributed by atoms with Crippen molar-refractivity contribution in [2.24, 2.45) is 5.92 Å². The maximum atomic E-state index is 13.1. The molecule has 0 heterocycles. The first-order chi connectivity index (χ1) is 9.19. The smallest absolute Gasteiger partial charge is 0.123 e. The Labute approximate surface area is 115 Å². The highest BCUT2D eigenvalue weighted by atomic mass is 19.1. The minimum Gasteiger partial charge on any atom is -0.396 e. The Morgan fingerprint density at radius 3 is 2.79 bits per heavy atom. The summed E-state index contributed by atoms with van der Waals surface area (Å²) in [4.78, 5) is 0. The summed E-state index contributed by atoms with van der Waals surface area (Å²) in [6.07, 6.45) is 5.30. The minimum atomic E-state index is -0.158. The second kappa shape index (κ2) is 7.01. The van der Waals surface area contributed by atoms with E-state index in [1.165, 1.54) is 18.9 Å². The van der Waals surface area contributed by atoms with E-state index < -0.39 is 0 Å². The lowest BCUT2D eigenvalue weighted by atomic mass is 10.0. The normalized spacial score (nSPS) is 18.3. The topological polar surface area (TPSA) is 32.3 Å².